The number of aromatic nitrogens is 1. The van der Waals surface area contributed by atoms with Gasteiger partial charge in [-0.2, -0.15) is 0 Å². The van der Waals surface area contributed by atoms with Crippen LogP contribution >= 0.6 is 0 Å². The number of rotatable bonds is 3. The molecule has 1 rings (SSSR count). The smallest absolute Gasteiger partial charge is 0.412 e. The normalized spacial score (nSPS) is 10.7. The van der Waals surface area contributed by atoms with Crippen LogP contribution in [0.1, 0.15) is 26.5 Å². The van der Waals surface area contributed by atoms with E-state index in [-0.39, 0.29) is 12.4 Å². The van der Waals surface area contributed by atoms with Gasteiger partial charge in [-0.3, -0.25) is 15.1 Å². The van der Waals surface area contributed by atoms with E-state index < -0.39 is 11.7 Å². The molecule has 0 saturated heterocycles. The number of carbonyl (C=O) groups is 2. The fraction of sp³-hybridized carbons (Fsp3) is 0.462. The van der Waals surface area contributed by atoms with Crippen LogP contribution in [0.25, 0.3) is 0 Å². The molecule has 1 aromatic rings. The Kier molecular flexibility index (Phi) is 4.86. The summed E-state index contributed by atoms with van der Waals surface area (Å²) in [7, 11) is 1.31. The van der Waals surface area contributed by atoms with Crippen LogP contribution < -0.4 is 5.32 Å². The number of hydrogen-bond acceptors (Lipinski definition) is 5. The highest BCUT2D eigenvalue weighted by molar-refractivity contribution is 5.85. The predicted octanol–water partition coefficient (Wildman–Crippen LogP) is 2.14. The zero-order valence-electron chi connectivity index (χ0n) is 11.5. The van der Waals surface area contributed by atoms with Gasteiger partial charge in [0.2, 0.25) is 0 Å². The van der Waals surface area contributed by atoms with Gasteiger partial charge < -0.3 is 9.47 Å². The van der Waals surface area contributed by atoms with Crippen LogP contribution in [0.4, 0.5) is 10.5 Å². The summed E-state index contributed by atoms with van der Waals surface area (Å²) < 4.78 is 9.67. The van der Waals surface area contributed by atoms with Crippen LogP contribution in [-0.4, -0.2) is 29.8 Å². The van der Waals surface area contributed by atoms with Crippen molar-refractivity contribution >= 4 is 17.7 Å². The summed E-state index contributed by atoms with van der Waals surface area (Å²) in [4.78, 5) is 26.7. The van der Waals surface area contributed by atoms with E-state index in [1.807, 2.05) is 0 Å². The van der Waals surface area contributed by atoms with E-state index in [1.54, 1.807) is 32.9 Å². The van der Waals surface area contributed by atoms with E-state index in [4.69, 9.17) is 4.74 Å². The standard InChI is InChI=1S/C13H18N2O4/c1-13(2,3)19-12(17)15-9-5-6-14-10(7-9)8-11(16)18-4/h5-7H,8H2,1-4H3,(H,14,15,17). The van der Waals surface area contributed by atoms with Gasteiger partial charge in [-0.05, 0) is 32.9 Å². The molecule has 19 heavy (non-hydrogen) atoms. The molecule has 1 heterocycles. The summed E-state index contributed by atoms with van der Waals surface area (Å²) in [6.45, 7) is 5.34. The number of pyridine rings is 1. The van der Waals surface area contributed by atoms with Gasteiger partial charge in [-0.15, -0.1) is 0 Å². The van der Waals surface area contributed by atoms with Crippen molar-refractivity contribution in [1.29, 1.82) is 0 Å². The van der Waals surface area contributed by atoms with Gasteiger partial charge in [0.05, 0.1) is 19.2 Å². The molecule has 6 heteroatoms. The Labute approximate surface area is 112 Å². The fourth-order valence-corrected chi connectivity index (χ4v) is 1.29. The third kappa shape index (κ3) is 5.85. The van der Waals surface area contributed by atoms with Crippen molar-refractivity contribution in [2.45, 2.75) is 32.8 Å². The first-order valence-corrected chi connectivity index (χ1v) is 5.82. The largest absolute Gasteiger partial charge is 0.469 e. The molecule has 1 N–H and O–H groups in total. The molecule has 0 unspecified atom stereocenters. The zero-order valence-corrected chi connectivity index (χ0v) is 11.5. The van der Waals surface area contributed by atoms with E-state index >= 15 is 0 Å². The van der Waals surface area contributed by atoms with Gasteiger partial charge in [-0.25, -0.2) is 4.79 Å². The molecule has 0 bridgehead atoms. The molecule has 0 saturated carbocycles. The minimum atomic E-state index is -0.564. The van der Waals surface area contributed by atoms with E-state index in [0.717, 1.165) is 0 Å². The summed E-state index contributed by atoms with van der Waals surface area (Å²) in [5.41, 5.74) is 0.468. The Bertz CT molecular complexity index is 466. The van der Waals surface area contributed by atoms with E-state index in [0.29, 0.717) is 11.4 Å². The van der Waals surface area contributed by atoms with Crippen LogP contribution in [0.2, 0.25) is 0 Å². The van der Waals surface area contributed by atoms with E-state index in [1.165, 1.54) is 13.3 Å². The summed E-state index contributed by atoms with van der Waals surface area (Å²) in [6.07, 6.45) is 1.01. The lowest BCUT2D eigenvalue weighted by Crippen LogP contribution is -2.27. The molecule has 104 valence electrons. The Morgan fingerprint density at radius 3 is 2.63 bits per heavy atom. The first-order chi connectivity index (χ1) is 8.80. The van der Waals surface area contributed by atoms with Gasteiger partial charge in [0.1, 0.15) is 5.60 Å². The number of esters is 1. The maximum Gasteiger partial charge on any atom is 0.412 e. The maximum atomic E-state index is 11.6. The van der Waals surface area contributed by atoms with Crippen molar-refractivity contribution in [3.63, 3.8) is 0 Å². The maximum absolute atomic E-state index is 11.6. The average molecular weight is 266 g/mol. The van der Waals surface area contributed by atoms with Crippen LogP contribution in [0.3, 0.4) is 0 Å². The van der Waals surface area contributed by atoms with Crippen molar-refractivity contribution in [3.8, 4) is 0 Å². The lowest BCUT2D eigenvalue weighted by molar-refractivity contribution is -0.139. The van der Waals surface area contributed by atoms with Gasteiger partial charge in [0.15, 0.2) is 0 Å². The zero-order chi connectivity index (χ0) is 14.5. The molecule has 1 amide bonds. The summed E-state index contributed by atoms with van der Waals surface area (Å²) in [5.74, 6) is -0.387. The van der Waals surface area contributed by atoms with Gasteiger partial charge in [-0.1, -0.05) is 0 Å². The first-order valence-electron chi connectivity index (χ1n) is 5.82. The van der Waals surface area contributed by atoms with E-state index in [2.05, 4.69) is 15.0 Å². The van der Waals surface area contributed by atoms with Crippen LogP contribution in [0.15, 0.2) is 18.3 Å². The summed E-state index contributed by atoms with van der Waals surface area (Å²) in [5, 5.41) is 2.58. The Morgan fingerprint density at radius 1 is 1.37 bits per heavy atom. The van der Waals surface area contributed by atoms with Crippen LogP contribution in [0.5, 0.6) is 0 Å². The molecule has 0 aliphatic heterocycles. The quantitative estimate of drug-likeness (QED) is 0.848. The minimum Gasteiger partial charge on any atom is -0.469 e. The Hall–Kier alpha value is -2.11. The van der Waals surface area contributed by atoms with Gasteiger partial charge in [0, 0.05) is 11.9 Å². The summed E-state index contributed by atoms with van der Waals surface area (Å²) >= 11 is 0. The molecule has 1 aromatic heterocycles. The number of nitrogens with one attached hydrogen (secondary N) is 1. The average Bonchev–Trinajstić information content (AvgIpc) is 2.26. The number of hydrogen-bond donors (Lipinski definition) is 1. The molecule has 0 aliphatic rings. The molecule has 6 nitrogen and oxygen atoms in total. The van der Waals surface area contributed by atoms with Crippen LogP contribution in [0, 0.1) is 0 Å². The molecule has 0 radical (unpaired) electrons. The van der Waals surface area contributed by atoms with Crippen molar-refractivity contribution in [2.75, 3.05) is 12.4 Å². The van der Waals surface area contributed by atoms with E-state index in [9.17, 15) is 9.59 Å². The third-order valence-corrected chi connectivity index (χ3v) is 2.01. The third-order valence-electron chi connectivity index (χ3n) is 2.01. The summed E-state index contributed by atoms with van der Waals surface area (Å²) in [6, 6.07) is 3.21. The second-order valence-electron chi connectivity index (χ2n) is 4.92. The van der Waals surface area contributed by atoms with Crippen molar-refractivity contribution in [3.05, 3.63) is 24.0 Å². The molecule has 0 aliphatic carbocycles. The number of carbonyl (C=O) groups excluding carboxylic acids is 2. The highest BCUT2D eigenvalue weighted by Gasteiger charge is 2.16. The van der Waals surface area contributed by atoms with Crippen molar-refractivity contribution in [1.82, 2.24) is 4.98 Å². The molecule has 0 aromatic carbocycles. The Morgan fingerprint density at radius 2 is 2.05 bits per heavy atom. The molecular weight excluding hydrogens is 248 g/mol. The second-order valence-corrected chi connectivity index (χ2v) is 4.92. The van der Waals surface area contributed by atoms with Gasteiger partial charge in [0.25, 0.3) is 0 Å². The first kappa shape index (κ1) is 14.9. The minimum absolute atomic E-state index is 0.0559. The van der Waals surface area contributed by atoms with Crippen molar-refractivity contribution < 1.29 is 19.1 Å². The van der Waals surface area contributed by atoms with Crippen molar-refractivity contribution in [2.24, 2.45) is 0 Å². The fourth-order valence-electron chi connectivity index (χ4n) is 1.29. The molecular formula is C13H18N2O4. The monoisotopic (exact) mass is 266 g/mol. The SMILES string of the molecule is COC(=O)Cc1cc(NC(=O)OC(C)(C)C)ccn1. The lowest BCUT2D eigenvalue weighted by Gasteiger charge is -2.19. The molecule has 0 spiro atoms. The lowest BCUT2D eigenvalue weighted by atomic mass is 10.2. The number of methoxy groups -OCH3 is 1. The predicted molar refractivity (Wildman–Crippen MR) is 69.8 cm³/mol. The number of ether oxygens (including phenoxy) is 2. The number of anilines is 1. The highest BCUT2D eigenvalue weighted by atomic mass is 16.6. The Balaban J connectivity index is 2.67. The highest BCUT2D eigenvalue weighted by Crippen LogP contribution is 2.12. The molecule has 0 atom stereocenters. The topological polar surface area (TPSA) is 77.5 Å². The number of nitrogens with zero attached hydrogens (tertiary/aromatic N) is 1. The number of amides is 1. The van der Waals surface area contributed by atoms with Crippen LogP contribution in [-0.2, 0) is 20.7 Å². The molecule has 0 fully saturated rings. The van der Waals surface area contributed by atoms with Gasteiger partial charge >= 0.3 is 12.1 Å². The second kappa shape index (κ2) is 6.17.